The van der Waals surface area contributed by atoms with Crippen LogP contribution in [-0.4, -0.2) is 9.61 Å². The summed E-state index contributed by atoms with van der Waals surface area (Å²) in [5.41, 5.74) is 1.94. The first-order valence-electron chi connectivity index (χ1n) is 6.36. The molecule has 0 amide bonds. The number of benzene rings is 1. The molecule has 3 rings (SSSR count). The third-order valence-electron chi connectivity index (χ3n) is 3.20. The van der Waals surface area contributed by atoms with Crippen LogP contribution in [0.2, 0.25) is 0 Å². The molecule has 1 N–H and O–H groups in total. The van der Waals surface area contributed by atoms with Crippen molar-refractivity contribution < 1.29 is 13.2 Å². The second-order valence-corrected chi connectivity index (χ2v) is 4.63. The molecule has 2 aromatic heterocycles. The number of pyridine rings is 1. The van der Waals surface area contributed by atoms with Gasteiger partial charge in [-0.3, -0.25) is 0 Å². The third-order valence-corrected chi connectivity index (χ3v) is 3.20. The molecule has 0 saturated heterocycles. The van der Waals surface area contributed by atoms with Crippen molar-refractivity contribution in [2.75, 3.05) is 5.32 Å². The number of anilines is 1. The van der Waals surface area contributed by atoms with Crippen LogP contribution in [0.4, 0.5) is 18.9 Å². The number of alkyl halides is 3. The Kier molecular flexibility index (Phi) is 3.29. The molecule has 0 fully saturated rings. The van der Waals surface area contributed by atoms with Gasteiger partial charge >= 0.3 is 6.18 Å². The smallest absolute Gasteiger partial charge is 0.381 e. The Balaban J connectivity index is 1.73. The summed E-state index contributed by atoms with van der Waals surface area (Å²) in [5, 5.41) is 7.30. The van der Waals surface area contributed by atoms with E-state index in [1.165, 1.54) is 12.1 Å². The monoisotopic (exact) mass is 291 g/mol. The van der Waals surface area contributed by atoms with Crippen molar-refractivity contribution in [1.82, 2.24) is 9.61 Å². The van der Waals surface area contributed by atoms with Gasteiger partial charge in [0, 0.05) is 24.0 Å². The SMILES string of the molecule is FC(F)(F)c1ccc(NCc2cnn3ccccc23)cc1. The Bertz CT molecular complexity index is 745. The van der Waals surface area contributed by atoms with Gasteiger partial charge < -0.3 is 5.32 Å². The predicted octanol–water partition coefficient (Wildman–Crippen LogP) is 3.97. The van der Waals surface area contributed by atoms with Crippen molar-refractivity contribution in [3.05, 3.63) is 66.0 Å². The molecule has 1 aromatic carbocycles. The minimum absolute atomic E-state index is 0.499. The molecule has 0 aliphatic heterocycles. The number of fused-ring (bicyclic) bond motifs is 1. The Morgan fingerprint density at radius 2 is 1.81 bits per heavy atom. The van der Waals surface area contributed by atoms with Crippen molar-refractivity contribution in [1.29, 1.82) is 0 Å². The molecule has 0 spiro atoms. The van der Waals surface area contributed by atoms with Crippen LogP contribution in [0.25, 0.3) is 5.52 Å². The van der Waals surface area contributed by atoms with E-state index in [0.717, 1.165) is 23.2 Å². The number of hydrogen-bond acceptors (Lipinski definition) is 2. The Labute approximate surface area is 119 Å². The molecule has 0 aliphatic carbocycles. The molecule has 0 radical (unpaired) electrons. The first-order chi connectivity index (χ1) is 10.0. The molecule has 0 unspecified atom stereocenters. The zero-order valence-electron chi connectivity index (χ0n) is 10.9. The summed E-state index contributed by atoms with van der Waals surface area (Å²) < 4.78 is 39.2. The zero-order valence-corrected chi connectivity index (χ0v) is 10.9. The first-order valence-corrected chi connectivity index (χ1v) is 6.36. The average molecular weight is 291 g/mol. The van der Waals surface area contributed by atoms with Crippen molar-refractivity contribution in [2.24, 2.45) is 0 Å². The van der Waals surface area contributed by atoms with E-state index in [1.54, 1.807) is 10.7 Å². The second-order valence-electron chi connectivity index (χ2n) is 4.63. The lowest BCUT2D eigenvalue weighted by Crippen LogP contribution is -2.05. The molecule has 6 heteroatoms. The average Bonchev–Trinajstić information content (AvgIpc) is 2.88. The quantitative estimate of drug-likeness (QED) is 0.791. The number of rotatable bonds is 3. The van der Waals surface area contributed by atoms with Gasteiger partial charge in [0.05, 0.1) is 17.3 Å². The molecule has 0 atom stereocenters. The molecular formula is C15H12F3N3. The highest BCUT2D eigenvalue weighted by molar-refractivity contribution is 5.55. The van der Waals surface area contributed by atoms with E-state index in [-0.39, 0.29) is 0 Å². The van der Waals surface area contributed by atoms with Gasteiger partial charge in [0.15, 0.2) is 0 Å². The maximum Gasteiger partial charge on any atom is 0.416 e. The zero-order chi connectivity index (χ0) is 14.9. The fraction of sp³-hybridized carbons (Fsp3) is 0.133. The fourth-order valence-electron chi connectivity index (χ4n) is 2.10. The largest absolute Gasteiger partial charge is 0.416 e. The van der Waals surface area contributed by atoms with E-state index in [4.69, 9.17) is 0 Å². The minimum Gasteiger partial charge on any atom is -0.381 e. The van der Waals surface area contributed by atoms with Gasteiger partial charge in [0.1, 0.15) is 0 Å². The molecule has 3 aromatic rings. The Morgan fingerprint density at radius 3 is 2.52 bits per heavy atom. The summed E-state index contributed by atoms with van der Waals surface area (Å²) in [4.78, 5) is 0. The summed E-state index contributed by atoms with van der Waals surface area (Å²) >= 11 is 0. The molecule has 2 heterocycles. The second kappa shape index (κ2) is 5.12. The van der Waals surface area contributed by atoms with Gasteiger partial charge in [0.2, 0.25) is 0 Å². The lowest BCUT2D eigenvalue weighted by atomic mass is 10.2. The highest BCUT2D eigenvalue weighted by Gasteiger charge is 2.29. The van der Waals surface area contributed by atoms with Crippen LogP contribution < -0.4 is 5.32 Å². The van der Waals surface area contributed by atoms with Crippen LogP contribution >= 0.6 is 0 Å². The van der Waals surface area contributed by atoms with Crippen LogP contribution in [0, 0.1) is 0 Å². The highest BCUT2D eigenvalue weighted by Crippen LogP contribution is 2.29. The lowest BCUT2D eigenvalue weighted by molar-refractivity contribution is -0.137. The van der Waals surface area contributed by atoms with E-state index in [9.17, 15) is 13.2 Å². The molecule has 0 bridgehead atoms. The summed E-state index contributed by atoms with van der Waals surface area (Å²) in [6.07, 6.45) is -0.718. The predicted molar refractivity (Wildman–Crippen MR) is 74.0 cm³/mol. The van der Waals surface area contributed by atoms with Crippen LogP contribution in [0.15, 0.2) is 54.9 Å². The van der Waals surface area contributed by atoms with Crippen molar-refractivity contribution >= 4 is 11.2 Å². The normalized spacial score (nSPS) is 11.8. The van der Waals surface area contributed by atoms with Crippen molar-refractivity contribution in [3.8, 4) is 0 Å². The number of nitrogens with one attached hydrogen (secondary N) is 1. The van der Waals surface area contributed by atoms with Gasteiger partial charge in [0.25, 0.3) is 0 Å². The van der Waals surface area contributed by atoms with Gasteiger partial charge in [-0.25, -0.2) is 4.52 Å². The Hall–Kier alpha value is -2.50. The number of nitrogens with zero attached hydrogens (tertiary/aromatic N) is 2. The van der Waals surface area contributed by atoms with E-state index in [1.807, 2.05) is 24.4 Å². The molecule has 3 nitrogen and oxygen atoms in total. The van der Waals surface area contributed by atoms with E-state index < -0.39 is 11.7 Å². The summed E-state index contributed by atoms with van der Waals surface area (Å²) in [5.74, 6) is 0. The third kappa shape index (κ3) is 2.84. The van der Waals surface area contributed by atoms with Crippen molar-refractivity contribution in [3.63, 3.8) is 0 Å². The molecule has 0 saturated carbocycles. The van der Waals surface area contributed by atoms with Crippen molar-refractivity contribution in [2.45, 2.75) is 12.7 Å². The number of halogens is 3. The maximum absolute atomic E-state index is 12.5. The molecular weight excluding hydrogens is 279 g/mol. The Morgan fingerprint density at radius 1 is 1.05 bits per heavy atom. The first kappa shape index (κ1) is 13.5. The fourth-order valence-corrected chi connectivity index (χ4v) is 2.10. The van der Waals surface area contributed by atoms with Gasteiger partial charge in [-0.15, -0.1) is 0 Å². The number of hydrogen-bond donors (Lipinski definition) is 1. The summed E-state index contributed by atoms with van der Waals surface area (Å²) in [6, 6.07) is 10.7. The topological polar surface area (TPSA) is 29.3 Å². The highest BCUT2D eigenvalue weighted by atomic mass is 19.4. The molecule has 21 heavy (non-hydrogen) atoms. The van der Waals surface area contributed by atoms with Crippen LogP contribution in [0.3, 0.4) is 0 Å². The van der Waals surface area contributed by atoms with Crippen LogP contribution in [-0.2, 0) is 12.7 Å². The van der Waals surface area contributed by atoms with Crippen LogP contribution in [0.1, 0.15) is 11.1 Å². The van der Waals surface area contributed by atoms with Gasteiger partial charge in [-0.2, -0.15) is 18.3 Å². The van der Waals surface area contributed by atoms with Gasteiger partial charge in [-0.05, 0) is 36.4 Å². The summed E-state index contributed by atoms with van der Waals surface area (Å²) in [6.45, 7) is 0.499. The summed E-state index contributed by atoms with van der Waals surface area (Å²) in [7, 11) is 0. The molecule has 108 valence electrons. The van der Waals surface area contributed by atoms with E-state index >= 15 is 0 Å². The van der Waals surface area contributed by atoms with Crippen LogP contribution in [0.5, 0.6) is 0 Å². The van der Waals surface area contributed by atoms with E-state index in [0.29, 0.717) is 12.2 Å². The maximum atomic E-state index is 12.5. The number of aromatic nitrogens is 2. The minimum atomic E-state index is -4.30. The van der Waals surface area contributed by atoms with E-state index in [2.05, 4.69) is 10.4 Å². The lowest BCUT2D eigenvalue weighted by Gasteiger charge is -2.09. The molecule has 0 aliphatic rings. The van der Waals surface area contributed by atoms with Gasteiger partial charge in [-0.1, -0.05) is 6.07 Å². The standard InChI is InChI=1S/C15H12F3N3/c16-15(17,18)12-4-6-13(7-5-12)19-9-11-10-20-21-8-2-1-3-14(11)21/h1-8,10,19H,9H2.